The Balaban J connectivity index is 2.05. The summed E-state index contributed by atoms with van der Waals surface area (Å²) in [7, 11) is -3.33. The molecule has 2 heterocycles. The van der Waals surface area contributed by atoms with Crippen LogP contribution in [-0.2, 0) is 14.8 Å². The van der Waals surface area contributed by atoms with Gasteiger partial charge in [0.25, 0.3) is 0 Å². The van der Waals surface area contributed by atoms with Gasteiger partial charge >= 0.3 is 0 Å². The molecule has 0 spiro atoms. The number of rotatable bonds is 4. The van der Waals surface area contributed by atoms with E-state index >= 15 is 0 Å². The van der Waals surface area contributed by atoms with E-state index in [4.69, 9.17) is 0 Å². The molecule has 7 heteroatoms. The van der Waals surface area contributed by atoms with Crippen molar-refractivity contribution in [3.63, 3.8) is 0 Å². The molecule has 0 bridgehead atoms. The fourth-order valence-electron chi connectivity index (χ4n) is 2.84. The van der Waals surface area contributed by atoms with Crippen LogP contribution >= 0.6 is 0 Å². The highest BCUT2D eigenvalue weighted by molar-refractivity contribution is 7.89. The largest absolute Gasteiger partial charge is 0.386 e. The van der Waals surface area contributed by atoms with Crippen LogP contribution in [0.1, 0.15) is 33.1 Å². The number of hydrogen-bond acceptors (Lipinski definition) is 4. The van der Waals surface area contributed by atoms with Crippen LogP contribution in [0.15, 0.2) is 0 Å². The van der Waals surface area contributed by atoms with Crippen molar-refractivity contribution in [2.75, 3.05) is 25.4 Å². The molecule has 0 aromatic heterocycles. The van der Waals surface area contributed by atoms with E-state index in [0.717, 1.165) is 6.42 Å². The predicted octanol–water partition coefficient (Wildman–Crippen LogP) is -0.216. The predicted molar refractivity (Wildman–Crippen MR) is 71.0 cm³/mol. The number of likely N-dealkylation sites (tertiary alicyclic amines) is 1. The smallest absolute Gasteiger partial charge is 0.241 e. The van der Waals surface area contributed by atoms with E-state index < -0.39 is 21.7 Å². The van der Waals surface area contributed by atoms with E-state index in [-0.39, 0.29) is 11.7 Å². The second-order valence-electron chi connectivity index (χ2n) is 5.78. The Hall–Kier alpha value is -0.660. The molecular formula is C12H22N2O4S. The summed E-state index contributed by atoms with van der Waals surface area (Å²) in [6, 6.07) is -0.562. The average Bonchev–Trinajstić information content (AvgIpc) is 2.74. The third-order valence-corrected chi connectivity index (χ3v) is 5.76. The highest BCUT2D eigenvalue weighted by Gasteiger charge is 2.46. The molecule has 2 rings (SSSR count). The second-order valence-corrected chi connectivity index (χ2v) is 7.82. The average molecular weight is 290 g/mol. The number of carbonyl (C=O) groups is 1. The number of amides is 1. The molecule has 0 aliphatic carbocycles. The fraction of sp³-hybridized carbons (Fsp3) is 0.917. The topological polar surface area (TPSA) is 77.9 Å². The maximum atomic E-state index is 12.3. The third-order valence-electron chi connectivity index (χ3n) is 3.68. The molecule has 2 saturated heterocycles. The van der Waals surface area contributed by atoms with Gasteiger partial charge in [-0.1, -0.05) is 6.92 Å². The van der Waals surface area contributed by atoms with Gasteiger partial charge in [-0.15, -0.1) is 0 Å². The highest BCUT2D eigenvalue weighted by atomic mass is 32.2. The quantitative estimate of drug-likeness (QED) is 0.777. The standard InChI is InChI=1S/C12H22N2O4S/c1-3-7-19(17,18)14-6-4-5-10(14)11(15)13-8-12(2,16)9-13/h10,16H,3-9H2,1-2H3. The Bertz CT molecular complexity index is 452. The minimum absolute atomic E-state index is 0.0918. The zero-order valence-corrected chi connectivity index (χ0v) is 12.3. The summed E-state index contributed by atoms with van der Waals surface area (Å²) in [6.07, 6.45) is 1.86. The Morgan fingerprint density at radius 3 is 2.58 bits per heavy atom. The van der Waals surface area contributed by atoms with Gasteiger partial charge in [0.2, 0.25) is 15.9 Å². The number of hydrogen-bond donors (Lipinski definition) is 1. The molecular weight excluding hydrogens is 268 g/mol. The lowest BCUT2D eigenvalue weighted by Gasteiger charge is -2.45. The minimum Gasteiger partial charge on any atom is -0.386 e. The molecule has 6 nitrogen and oxygen atoms in total. The van der Waals surface area contributed by atoms with E-state index in [0.29, 0.717) is 32.5 Å². The normalized spacial score (nSPS) is 27.3. The molecule has 2 aliphatic heterocycles. The minimum atomic E-state index is -3.33. The van der Waals surface area contributed by atoms with Crippen LogP contribution in [0.3, 0.4) is 0 Å². The fourth-order valence-corrected chi connectivity index (χ4v) is 4.58. The summed E-state index contributed by atoms with van der Waals surface area (Å²) in [5.41, 5.74) is -0.818. The van der Waals surface area contributed by atoms with Gasteiger partial charge in [0.05, 0.1) is 24.4 Å². The second kappa shape index (κ2) is 5.03. The van der Waals surface area contributed by atoms with Crippen LogP contribution in [0.2, 0.25) is 0 Å². The van der Waals surface area contributed by atoms with E-state index in [1.54, 1.807) is 11.8 Å². The first-order valence-electron chi connectivity index (χ1n) is 6.77. The molecule has 1 N–H and O–H groups in total. The van der Waals surface area contributed by atoms with Crippen LogP contribution in [-0.4, -0.2) is 65.7 Å². The van der Waals surface area contributed by atoms with E-state index in [9.17, 15) is 18.3 Å². The lowest BCUT2D eigenvalue weighted by Crippen LogP contribution is -2.64. The molecule has 2 aliphatic rings. The lowest BCUT2D eigenvalue weighted by atomic mass is 9.96. The zero-order chi connectivity index (χ0) is 14.3. The summed E-state index contributed by atoms with van der Waals surface area (Å²) in [4.78, 5) is 13.8. The van der Waals surface area contributed by atoms with Gasteiger partial charge in [0.15, 0.2) is 0 Å². The van der Waals surface area contributed by atoms with Gasteiger partial charge in [-0.05, 0) is 26.2 Å². The molecule has 0 aromatic rings. The Morgan fingerprint density at radius 2 is 2.05 bits per heavy atom. The molecule has 0 aromatic carbocycles. The van der Waals surface area contributed by atoms with Gasteiger partial charge in [-0.3, -0.25) is 4.79 Å². The summed E-state index contributed by atoms with van der Waals surface area (Å²) in [6.45, 7) is 4.52. The van der Waals surface area contributed by atoms with E-state index in [2.05, 4.69) is 0 Å². The van der Waals surface area contributed by atoms with Gasteiger partial charge < -0.3 is 10.0 Å². The number of carbonyl (C=O) groups excluding carboxylic acids is 1. The molecule has 0 saturated carbocycles. The van der Waals surface area contributed by atoms with Crippen LogP contribution in [0.5, 0.6) is 0 Å². The number of nitrogens with zero attached hydrogens (tertiary/aromatic N) is 2. The molecule has 19 heavy (non-hydrogen) atoms. The number of sulfonamides is 1. The Labute approximate surface area is 114 Å². The molecule has 0 radical (unpaired) electrons. The van der Waals surface area contributed by atoms with Gasteiger partial charge in [0, 0.05) is 6.54 Å². The van der Waals surface area contributed by atoms with Crippen LogP contribution in [0.4, 0.5) is 0 Å². The monoisotopic (exact) mass is 290 g/mol. The van der Waals surface area contributed by atoms with Crippen molar-refractivity contribution in [1.82, 2.24) is 9.21 Å². The molecule has 1 unspecified atom stereocenters. The van der Waals surface area contributed by atoms with Crippen LogP contribution < -0.4 is 0 Å². The lowest BCUT2D eigenvalue weighted by molar-refractivity contribution is -0.155. The summed E-state index contributed by atoms with van der Waals surface area (Å²) in [5, 5.41) is 9.66. The number of β-amino-alcohol motifs (C(OH)–C–C–N with tert-alkyl or cyclic N) is 1. The maximum Gasteiger partial charge on any atom is 0.241 e. The van der Waals surface area contributed by atoms with Crippen molar-refractivity contribution in [2.45, 2.75) is 44.8 Å². The molecule has 110 valence electrons. The first-order chi connectivity index (χ1) is 8.77. The van der Waals surface area contributed by atoms with Gasteiger partial charge in [-0.25, -0.2) is 8.42 Å². The molecule has 2 fully saturated rings. The Kier molecular flexibility index (Phi) is 3.90. The van der Waals surface area contributed by atoms with Crippen molar-refractivity contribution in [3.05, 3.63) is 0 Å². The SMILES string of the molecule is CCCS(=O)(=O)N1CCCC1C(=O)N1CC(C)(O)C1. The highest BCUT2D eigenvalue weighted by Crippen LogP contribution is 2.27. The van der Waals surface area contributed by atoms with E-state index in [1.807, 2.05) is 6.92 Å². The van der Waals surface area contributed by atoms with Gasteiger partial charge in [0.1, 0.15) is 6.04 Å². The van der Waals surface area contributed by atoms with Crippen molar-refractivity contribution in [3.8, 4) is 0 Å². The zero-order valence-electron chi connectivity index (χ0n) is 11.5. The van der Waals surface area contributed by atoms with Crippen molar-refractivity contribution < 1.29 is 18.3 Å². The maximum absolute atomic E-state index is 12.3. The molecule has 1 atom stereocenters. The summed E-state index contributed by atoms with van der Waals surface area (Å²) in [5.74, 6) is -0.0715. The Morgan fingerprint density at radius 1 is 1.42 bits per heavy atom. The van der Waals surface area contributed by atoms with Crippen LogP contribution in [0.25, 0.3) is 0 Å². The van der Waals surface area contributed by atoms with Gasteiger partial charge in [-0.2, -0.15) is 4.31 Å². The van der Waals surface area contributed by atoms with Crippen molar-refractivity contribution in [1.29, 1.82) is 0 Å². The molecule has 1 amide bonds. The van der Waals surface area contributed by atoms with Crippen molar-refractivity contribution in [2.24, 2.45) is 0 Å². The third kappa shape index (κ3) is 2.93. The van der Waals surface area contributed by atoms with Crippen LogP contribution in [0, 0.1) is 0 Å². The summed E-state index contributed by atoms with van der Waals surface area (Å²) >= 11 is 0. The van der Waals surface area contributed by atoms with E-state index in [1.165, 1.54) is 4.31 Å². The first-order valence-corrected chi connectivity index (χ1v) is 8.38. The first kappa shape index (κ1) is 14.7. The summed E-state index contributed by atoms with van der Waals surface area (Å²) < 4.78 is 25.6. The van der Waals surface area contributed by atoms with Crippen molar-refractivity contribution >= 4 is 15.9 Å². The number of aliphatic hydroxyl groups is 1.